The Balaban J connectivity index is 3.15. The first-order valence-corrected chi connectivity index (χ1v) is 7.34. The number of hydrogen-bond acceptors (Lipinski definition) is 4. The first-order chi connectivity index (χ1) is 10.5. The molecule has 0 aliphatic carbocycles. The van der Waals surface area contributed by atoms with Gasteiger partial charge >= 0.3 is 12.1 Å². The van der Waals surface area contributed by atoms with E-state index in [1.807, 2.05) is 0 Å². The number of carboxylic acid groups (broad SMARTS) is 1. The second-order valence-electron chi connectivity index (χ2n) is 6.85. The Morgan fingerprint density at radius 3 is 2.17 bits per heavy atom. The molecular formula is C17H25NO5. The van der Waals surface area contributed by atoms with Gasteiger partial charge in [0.25, 0.3) is 0 Å². The molecule has 1 aromatic carbocycles. The Morgan fingerprint density at radius 2 is 1.70 bits per heavy atom. The van der Waals surface area contributed by atoms with Crippen molar-refractivity contribution in [3.8, 4) is 0 Å². The van der Waals surface area contributed by atoms with Gasteiger partial charge in [-0.25, -0.2) is 9.59 Å². The molecule has 1 unspecified atom stereocenters. The van der Waals surface area contributed by atoms with Gasteiger partial charge in [-0.2, -0.15) is 0 Å². The molecule has 0 spiro atoms. The first kappa shape index (κ1) is 19.0. The number of anilines is 1. The van der Waals surface area contributed by atoms with Gasteiger partial charge in [0, 0.05) is 18.2 Å². The molecule has 0 fully saturated rings. The van der Waals surface area contributed by atoms with E-state index in [1.54, 1.807) is 58.9 Å². The topological polar surface area (TPSA) is 84.9 Å². The summed E-state index contributed by atoms with van der Waals surface area (Å²) >= 11 is 0. The fourth-order valence-electron chi connectivity index (χ4n) is 2.41. The Hall–Kier alpha value is -2.08. The zero-order valence-corrected chi connectivity index (χ0v) is 14.5. The quantitative estimate of drug-likeness (QED) is 0.867. The van der Waals surface area contributed by atoms with E-state index in [2.05, 4.69) is 5.32 Å². The third kappa shape index (κ3) is 4.96. The van der Waals surface area contributed by atoms with Crippen LogP contribution in [0.4, 0.5) is 10.5 Å². The monoisotopic (exact) mass is 323 g/mol. The minimum Gasteiger partial charge on any atom is -0.479 e. The predicted octanol–water partition coefficient (Wildman–Crippen LogP) is 3.41. The molecule has 1 amide bonds. The number of carbonyl (C=O) groups is 2. The number of benzene rings is 1. The maximum atomic E-state index is 12.0. The maximum absolute atomic E-state index is 12.0. The number of ether oxygens (including phenoxy) is 2. The average Bonchev–Trinajstić information content (AvgIpc) is 2.36. The number of carbonyl (C=O) groups excluding carboxylic acids is 1. The molecule has 6 nitrogen and oxygen atoms in total. The van der Waals surface area contributed by atoms with Crippen molar-refractivity contribution in [3.05, 3.63) is 29.8 Å². The van der Waals surface area contributed by atoms with Crippen LogP contribution >= 0.6 is 0 Å². The molecule has 0 saturated carbocycles. The number of para-hydroxylation sites is 1. The number of aliphatic carboxylic acids is 1. The molecule has 0 heterocycles. The highest BCUT2D eigenvalue weighted by atomic mass is 16.6. The molecule has 1 aromatic rings. The van der Waals surface area contributed by atoms with Crippen molar-refractivity contribution < 1.29 is 24.2 Å². The van der Waals surface area contributed by atoms with Gasteiger partial charge in [0.2, 0.25) is 0 Å². The van der Waals surface area contributed by atoms with E-state index >= 15 is 0 Å². The van der Waals surface area contributed by atoms with Gasteiger partial charge in [-0.1, -0.05) is 32.0 Å². The van der Waals surface area contributed by atoms with Crippen molar-refractivity contribution >= 4 is 17.7 Å². The van der Waals surface area contributed by atoms with Gasteiger partial charge in [-0.15, -0.1) is 0 Å². The fraction of sp³-hybridized carbons (Fsp3) is 0.529. The van der Waals surface area contributed by atoms with Crippen LogP contribution in [0.1, 0.15) is 40.2 Å². The zero-order chi connectivity index (χ0) is 17.8. The molecule has 0 aromatic heterocycles. The standard InChI is InChI=1S/C17H25NO5/c1-16(2,3)23-15(21)18-12-10-8-7-9-11(12)17(4,5)13(22-6)14(19)20/h7-10,13H,1-6H3,(H,18,21)(H,19,20). The largest absolute Gasteiger partial charge is 0.479 e. The summed E-state index contributed by atoms with van der Waals surface area (Å²) in [5.74, 6) is -1.07. The molecule has 128 valence electrons. The van der Waals surface area contributed by atoms with Crippen LogP contribution in [-0.2, 0) is 19.7 Å². The summed E-state index contributed by atoms with van der Waals surface area (Å²) in [6.07, 6.45) is -1.64. The Bertz CT molecular complexity index is 575. The van der Waals surface area contributed by atoms with Gasteiger partial charge in [0.05, 0.1) is 0 Å². The lowest BCUT2D eigenvalue weighted by Crippen LogP contribution is -2.42. The molecule has 0 aliphatic heterocycles. The zero-order valence-electron chi connectivity index (χ0n) is 14.5. The van der Waals surface area contributed by atoms with Crippen LogP contribution in [0, 0.1) is 0 Å². The van der Waals surface area contributed by atoms with Crippen LogP contribution in [0.5, 0.6) is 0 Å². The minimum absolute atomic E-state index is 0.495. The van der Waals surface area contributed by atoms with Gasteiger partial charge in [0.1, 0.15) is 5.60 Å². The molecule has 0 bridgehead atoms. The molecule has 0 aliphatic rings. The van der Waals surface area contributed by atoms with Gasteiger partial charge < -0.3 is 14.6 Å². The number of methoxy groups -OCH3 is 1. The lowest BCUT2D eigenvalue weighted by atomic mass is 9.78. The number of nitrogens with one attached hydrogen (secondary N) is 1. The SMILES string of the molecule is COC(C(=O)O)C(C)(C)c1ccccc1NC(=O)OC(C)(C)C. The van der Waals surface area contributed by atoms with E-state index in [0.717, 1.165) is 0 Å². The van der Waals surface area contributed by atoms with Crippen LogP contribution in [-0.4, -0.2) is 36.0 Å². The Labute approximate surface area is 136 Å². The van der Waals surface area contributed by atoms with Crippen LogP contribution in [0.2, 0.25) is 0 Å². The average molecular weight is 323 g/mol. The fourth-order valence-corrected chi connectivity index (χ4v) is 2.41. The highest BCUT2D eigenvalue weighted by Crippen LogP contribution is 2.34. The van der Waals surface area contributed by atoms with Crippen molar-refractivity contribution in [2.45, 2.75) is 51.7 Å². The molecule has 0 radical (unpaired) electrons. The van der Waals surface area contributed by atoms with Crippen LogP contribution in [0.25, 0.3) is 0 Å². The Kier molecular flexibility index (Phi) is 5.77. The summed E-state index contributed by atoms with van der Waals surface area (Å²) in [5, 5.41) is 12.0. The van der Waals surface area contributed by atoms with Crippen LogP contribution in [0.3, 0.4) is 0 Å². The molecule has 0 saturated heterocycles. The van der Waals surface area contributed by atoms with Crippen LogP contribution < -0.4 is 5.32 Å². The third-order valence-electron chi connectivity index (χ3n) is 3.37. The van der Waals surface area contributed by atoms with E-state index in [1.165, 1.54) is 7.11 Å². The van der Waals surface area contributed by atoms with Crippen molar-refractivity contribution in [2.24, 2.45) is 0 Å². The summed E-state index contributed by atoms with van der Waals surface area (Å²) in [7, 11) is 1.35. The normalized spacial score (nSPS) is 13.3. The van der Waals surface area contributed by atoms with Crippen LogP contribution in [0.15, 0.2) is 24.3 Å². The predicted molar refractivity (Wildman–Crippen MR) is 87.8 cm³/mol. The minimum atomic E-state index is -1.07. The molecule has 6 heteroatoms. The van der Waals surface area contributed by atoms with Gasteiger partial charge in [-0.05, 0) is 32.4 Å². The summed E-state index contributed by atoms with van der Waals surface area (Å²) in [4.78, 5) is 23.4. The summed E-state index contributed by atoms with van der Waals surface area (Å²) in [6.45, 7) is 8.82. The van der Waals surface area contributed by atoms with E-state index in [9.17, 15) is 14.7 Å². The summed E-state index contributed by atoms with van der Waals surface area (Å²) in [5.41, 5.74) is -0.327. The molecular weight excluding hydrogens is 298 g/mol. The molecule has 1 atom stereocenters. The van der Waals surface area contributed by atoms with Crippen molar-refractivity contribution in [1.82, 2.24) is 0 Å². The number of carboxylic acids is 1. The van der Waals surface area contributed by atoms with Gasteiger partial charge in [-0.3, -0.25) is 5.32 Å². The number of amides is 1. The maximum Gasteiger partial charge on any atom is 0.412 e. The van der Waals surface area contributed by atoms with Crippen molar-refractivity contribution in [3.63, 3.8) is 0 Å². The van der Waals surface area contributed by atoms with Crippen molar-refractivity contribution in [2.75, 3.05) is 12.4 Å². The van der Waals surface area contributed by atoms with E-state index < -0.39 is 29.2 Å². The molecule has 23 heavy (non-hydrogen) atoms. The van der Waals surface area contributed by atoms with Crippen molar-refractivity contribution in [1.29, 1.82) is 0 Å². The highest BCUT2D eigenvalue weighted by molar-refractivity contribution is 5.87. The third-order valence-corrected chi connectivity index (χ3v) is 3.37. The van der Waals surface area contributed by atoms with E-state index in [0.29, 0.717) is 11.3 Å². The molecule has 2 N–H and O–H groups in total. The lowest BCUT2D eigenvalue weighted by Gasteiger charge is -2.32. The second kappa shape index (κ2) is 7.00. The van der Waals surface area contributed by atoms with E-state index in [4.69, 9.17) is 9.47 Å². The smallest absolute Gasteiger partial charge is 0.412 e. The first-order valence-electron chi connectivity index (χ1n) is 7.34. The lowest BCUT2D eigenvalue weighted by molar-refractivity contribution is -0.152. The molecule has 1 rings (SSSR count). The van der Waals surface area contributed by atoms with E-state index in [-0.39, 0.29) is 0 Å². The summed E-state index contributed by atoms with van der Waals surface area (Å²) < 4.78 is 10.4. The number of rotatable bonds is 5. The number of hydrogen-bond donors (Lipinski definition) is 2. The highest BCUT2D eigenvalue weighted by Gasteiger charge is 2.38. The second-order valence-corrected chi connectivity index (χ2v) is 6.85. The van der Waals surface area contributed by atoms with Gasteiger partial charge in [0.15, 0.2) is 6.10 Å². The summed E-state index contributed by atoms with van der Waals surface area (Å²) in [6, 6.07) is 7.01. The Morgan fingerprint density at radius 1 is 1.13 bits per heavy atom.